The van der Waals surface area contributed by atoms with Crippen molar-refractivity contribution in [2.24, 2.45) is 0 Å². The number of rotatable bonds is 10. The van der Waals surface area contributed by atoms with Gasteiger partial charge in [-0.25, -0.2) is 9.07 Å². The maximum atomic E-state index is 15.4. The molecule has 1 atom stereocenters. The highest BCUT2D eigenvalue weighted by Gasteiger charge is 2.36. The molecule has 1 N–H and O–H groups in total. The first-order chi connectivity index (χ1) is 19.6. The van der Waals surface area contributed by atoms with E-state index in [4.69, 9.17) is 4.74 Å². The molecule has 4 aromatic carbocycles. The van der Waals surface area contributed by atoms with Crippen LogP contribution in [0.3, 0.4) is 0 Å². The number of benzene rings is 4. The lowest BCUT2D eigenvalue weighted by atomic mass is 10.0. The van der Waals surface area contributed by atoms with Crippen LogP contribution in [0.1, 0.15) is 24.1 Å². The fourth-order valence-electron chi connectivity index (χ4n) is 4.58. The number of ether oxygens (including phenoxy) is 1. The molecule has 0 aliphatic heterocycles. The normalized spacial score (nSPS) is 11.7. The second-order valence-corrected chi connectivity index (χ2v) is 9.03. The summed E-state index contributed by atoms with van der Waals surface area (Å²) in [4.78, 5) is 29.3. The van der Waals surface area contributed by atoms with Gasteiger partial charge in [0.05, 0.1) is 17.8 Å². The van der Waals surface area contributed by atoms with E-state index in [0.717, 1.165) is 5.56 Å². The summed E-state index contributed by atoms with van der Waals surface area (Å²) < 4.78 is 22.7. The van der Waals surface area contributed by atoms with Crippen molar-refractivity contribution >= 4 is 28.5 Å². The third-order valence-corrected chi connectivity index (χ3v) is 6.42. The van der Waals surface area contributed by atoms with Gasteiger partial charge in [0, 0.05) is 12.1 Å². The molecule has 202 valence electrons. The van der Waals surface area contributed by atoms with Crippen molar-refractivity contribution in [3.63, 3.8) is 0 Å². The highest BCUT2D eigenvalue weighted by Crippen LogP contribution is 2.35. The molecule has 1 aromatic heterocycles. The first-order valence-corrected chi connectivity index (χ1v) is 12.9. The van der Waals surface area contributed by atoms with Crippen LogP contribution >= 0.6 is 0 Å². The number of para-hydroxylation sites is 3. The van der Waals surface area contributed by atoms with E-state index in [1.807, 2.05) is 49.4 Å². The predicted molar refractivity (Wildman–Crippen MR) is 150 cm³/mol. The quantitative estimate of drug-likeness (QED) is 0.269. The molecule has 0 aliphatic rings. The standard InChI is InChI=1S/C31H28FN5O3/c1-2-40-28-19-11-6-14-23(28)30(31(39)33-20-22-12-4-3-5-13-22)37(26-17-9-7-15-24(26)32)29(38)21-36-27-18-10-8-16-25(27)34-35-36/h3-19,30H,2,20-21H2,1H3,(H,33,39). The highest BCUT2D eigenvalue weighted by atomic mass is 19.1. The molecule has 8 nitrogen and oxygen atoms in total. The number of halogens is 1. The van der Waals surface area contributed by atoms with E-state index in [-0.39, 0.29) is 18.8 Å². The second kappa shape index (κ2) is 12.2. The van der Waals surface area contributed by atoms with Crippen molar-refractivity contribution < 1.29 is 18.7 Å². The number of hydrogen-bond donors (Lipinski definition) is 1. The minimum absolute atomic E-state index is 0.0388. The Bertz CT molecular complexity index is 1620. The summed E-state index contributed by atoms with van der Waals surface area (Å²) in [6.45, 7) is 2.12. The summed E-state index contributed by atoms with van der Waals surface area (Å²) in [6.07, 6.45) is 0. The molecule has 2 amide bonds. The molecule has 5 rings (SSSR count). The van der Waals surface area contributed by atoms with Crippen molar-refractivity contribution in [2.45, 2.75) is 26.1 Å². The number of carbonyl (C=O) groups excluding carboxylic acids is 2. The van der Waals surface area contributed by atoms with Gasteiger partial charge in [-0.05, 0) is 42.8 Å². The number of anilines is 1. The Morgan fingerprint density at radius 2 is 1.62 bits per heavy atom. The predicted octanol–water partition coefficient (Wildman–Crippen LogP) is 5.06. The second-order valence-electron chi connectivity index (χ2n) is 9.03. The number of nitrogens with zero attached hydrogens (tertiary/aromatic N) is 4. The fourth-order valence-corrected chi connectivity index (χ4v) is 4.58. The SMILES string of the molecule is CCOc1ccccc1C(C(=O)NCc1ccccc1)N(C(=O)Cn1nnc2ccccc21)c1ccccc1F. The van der Waals surface area contributed by atoms with Gasteiger partial charge >= 0.3 is 0 Å². The Balaban J connectivity index is 1.60. The molecule has 0 aliphatic carbocycles. The van der Waals surface area contributed by atoms with Gasteiger partial charge in [-0.15, -0.1) is 5.10 Å². The van der Waals surface area contributed by atoms with Gasteiger partial charge in [-0.3, -0.25) is 14.5 Å². The number of amides is 2. The lowest BCUT2D eigenvalue weighted by Crippen LogP contribution is -2.45. The molecular weight excluding hydrogens is 509 g/mol. The van der Waals surface area contributed by atoms with Crippen LogP contribution < -0.4 is 15.0 Å². The van der Waals surface area contributed by atoms with E-state index in [9.17, 15) is 9.59 Å². The maximum absolute atomic E-state index is 15.4. The average Bonchev–Trinajstić information content (AvgIpc) is 3.39. The van der Waals surface area contributed by atoms with Crippen LogP contribution in [-0.4, -0.2) is 33.4 Å². The molecule has 1 unspecified atom stereocenters. The van der Waals surface area contributed by atoms with Crippen LogP contribution in [0.5, 0.6) is 5.75 Å². The van der Waals surface area contributed by atoms with E-state index in [2.05, 4.69) is 15.6 Å². The monoisotopic (exact) mass is 537 g/mol. The smallest absolute Gasteiger partial charge is 0.249 e. The zero-order chi connectivity index (χ0) is 27.9. The molecule has 0 fully saturated rings. The molecule has 0 bridgehead atoms. The zero-order valence-corrected chi connectivity index (χ0v) is 21.9. The summed E-state index contributed by atoms with van der Waals surface area (Å²) in [5.74, 6) is -1.26. The third-order valence-electron chi connectivity index (χ3n) is 6.42. The number of hydrogen-bond acceptors (Lipinski definition) is 5. The third kappa shape index (κ3) is 5.68. The summed E-state index contributed by atoms with van der Waals surface area (Å²) in [5.41, 5.74) is 2.53. The van der Waals surface area contributed by atoms with Crippen LogP contribution in [0.2, 0.25) is 0 Å². The van der Waals surface area contributed by atoms with E-state index in [1.165, 1.54) is 27.8 Å². The first kappa shape index (κ1) is 26.6. The number of fused-ring (bicyclic) bond motifs is 1. The Morgan fingerprint density at radius 1 is 0.925 bits per heavy atom. The molecule has 0 saturated carbocycles. The van der Waals surface area contributed by atoms with Gasteiger partial charge in [0.15, 0.2) is 0 Å². The molecule has 1 heterocycles. The molecule has 0 saturated heterocycles. The van der Waals surface area contributed by atoms with Crippen molar-refractivity contribution in [1.82, 2.24) is 20.3 Å². The zero-order valence-electron chi connectivity index (χ0n) is 21.9. The van der Waals surface area contributed by atoms with E-state index in [0.29, 0.717) is 29.0 Å². The largest absolute Gasteiger partial charge is 0.493 e. The first-order valence-electron chi connectivity index (χ1n) is 12.9. The highest BCUT2D eigenvalue weighted by molar-refractivity contribution is 6.02. The van der Waals surface area contributed by atoms with Gasteiger partial charge in [-0.1, -0.05) is 78.0 Å². The van der Waals surface area contributed by atoms with Crippen LogP contribution in [0.25, 0.3) is 11.0 Å². The van der Waals surface area contributed by atoms with Crippen molar-refractivity contribution in [1.29, 1.82) is 0 Å². The number of aromatic nitrogens is 3. The summed E-state index contributed by atoms with van der Waals surface area (Å²) in [7, 11) is 0. The van der Waals surface area contributed by atoms with E-state index < -0.39 is 23.7 Å². The lowest BCUT2D eigenvalue weighted by Gasteiger charge is -2.32. The minimum atomic E-state index is -1.24. The van der Waals surface area contributed by atoms with Crippen molar-refractivity contribution in [3.8, 4) is 5.75 Å². The molecule has 5 aromatic rings. The van der Waals surface area contributed by atoms with Gasteiger partial charge in [0.1, 0.15) is 29.7 Å². The summed E-state index contributed by atoms with van der Waals surface area (Å²) >= 11 is 0. The van der Waals surface area contributed by atoms with Gasteiger partial charge in [0.2, 0.25) is 11.8 Å². The average molecular weight is 538 g/mol. The molecular formula is C31H28FN5O3. The fraction of sp³-hybridized carbons (Fsp3) is 0.161. The van der Waals surface area contributed by atoms with Gasteiger partial charge in [-0.2, -0.15) is 0 Å². The van der Waals surface area contributed by atoms with Crippen LogP contribution in [0.15, 0.2) is 103 Å². The molecule has 0 spiro atoms. The van der Waals surface area contributed by atoms with Gasteiger partial charge < -0.3 is 10.1 Å². The van der Waals surface area contributed by atoms with Crippen LogP contribution in [-0.2, 0) is 22.7 Å². The molecule has 0 radical (unpaired) electrons. The number of nitrogens with one attached hydrogen (secondary N) is 1. The molecule has 9 heteroatoms. The Morgan fingerprint density at radius 3 is 2.42 bits per heavy atom. The number of carbonyl (C=O) groups is 2. The topological polar surface area (TPSA) is 89.4 Å². The summed E-state index contributed by atoms with van der Waals surface area (Å²) in [5, 5.41) is 11.2. The Hall–Kier alpha value is -5.05. The Kier molecular flexibility index (Phi) is 8.10. The molecule has 40 heavy (non-hydrogen) atoms. The summed E-state index contributed by atoms with van der Waals surface area (Å²) in [6, 6.07) is 28.3. The maximum Gasteiger partial charge on any atom is 0.249 e. The van der Waals surface area contributed by atoms with E-state index >= 15 is 4.39 Å². The lowest BCUT2D eigenvalue weighted by molar-refractivity contribution is -0.127. The van der Waals surface area contributed by atoms with E-state index in [1.54, 1.807) is 42.5 Å². The van der Waals surface area contributed by atoms with Crippen molar-refractivity contribution in [2.75, 3.05) is 11.5 Å². The van der Waals surface area contributed by atoms with Crippen molar-refractivity contribution in [3.05, 3.63) is 120 Å². The Labute approximate surface area is 231 Å². The van der Waals surface area contributed by atoms with Gasteiger partial charge in [0.25, 0.3) is 0 Å². The minimum Gasteiger partial charge on any atom is -0.493 e. The van der Waals surface area contributed by atoms with Crippen LogP contribution in [0.4, 0.5) is 10.1 Å². The van der Waals surface area contributed by atoms with Crippen LogP contribution in [0, 0.1) is 5.82 Å².